The second-order valence-electron chi connectivity index (χ2n) is 20.9. The third-order valence-electron chi connectivity index (χ3n) is 17.1. The van der Waals surface area contributed by atoms with Crippen LogP contribution in [0.3, 0.4) is 0 Å². The first kappa shape index (κ1) is 43.7. The minimum atomic E-state index is -0.490. The van der Waals surface area contributed by atoms with Gasteiger partial charge < -0.3 is 14.4 Å². The fourth-order valence-electron chi connectivity index (χ4n) is 13.9. The van der Waals surface area contributed by atoms with Crippen LogP contribution in [0.5, 0.6) is 23.0 Å². The van der Waals surface area contributed by atoms with Crippen LogP contribution in [0.25, 0.3) is 55.6 Å². The van der Waals surface area contributed by atoms with E-state index in [1.165, 1.54) is 89.0 Å². The van der Waals surface area contributed by atoms with Gasteiger partial charge in [-0.25, -0.2) is 0 Å². The highest BCUT2D eigenvalue weighted by atomic mass is 16.6. The minimum absolute atomic E-state index is 0.356. The first-order valence-corrected chi connectivity index (χ1v) is 26.9. The number of benzene rings is 11. The molecule has 362 valence electrons. The van der Waals surface area contributed by atoms with E-state index in [9.17, 15) is 0 Å². The zero-order valence-corrected chi connectivity index (χ0v) is 42.2. The number of allylic oxidation sites excluding steroid dienone is 4. The van der Waals surface area contributed by atoms with Gasteiger partial charge in [0.15, 0.2) is 23.0 Å². The van der Waals surface area contributed by atoms with Crippen molar-refractivity contribution in [2.45, 2.75) is 23.7 Å². The monoisotopic (exact) mass is 983 g/mol. The van der Waals surface area contributed by atoms with E-state index < -0.39 is 5.41 Å². The molecule has 0 aromatic heterocycles. The molecule has 3 heteroatoms. The average Bonchev–Trinajstić information content (AvgIpc) is 4.26. The third-order valence-corrected chi connectivity index (χ3v) is 17.1. The molecule has 0 bridgehead atoms. The molecule has 1 atom stereocenters. The maximum absolute atomic E-state index is 7.08. The van der Waals surface area contributed by atoms with Crippen molar-refractivity contribution in [1.82, 2.24) is 0 Å². The van der Waals surface area contributed by atoms with Gasteiger partial charge in [0.05, 0.1) is 16.5 Å². The summed E-state index contributed by atoms with van der Waals surface area (Å²) in [6, 6.07) is 93.3. The van der Waals surface area contributed by atoms with Crippen molar-refractivity contribution in [2.24, 2.45) is 0 Å². The molecule has 1 unspecified atom stereocenters. The number of rotatable bonds is 7. The van der Waals surface area contributed by atoms with Crippen LogP contribution in [0.4, 0.5) is 17.1 Å². The summed E-state index contributed by atoms with van der Waals surface area (Å²) in [6.07, 6.45) is 8.97. The number of fused-ring (bicyclic) bond motifs is 15. The van der Waals surface area contributed by atoms with Gasteiger partial charge in [0, 0.05) is 17.4 Å². The van der Waals surface area contributed by atoms with Gasteiger partial charge >= 0.3 is 0 Å². The molecule has 0 radical (unpaired) electrons. The van der Waals surface area contributed by atoms with E-state index in [0.717, 1.165) is 41.0 Å². The Morgan fingerprint density at radius 3 is 1.38 bits per heavy atom. The van der Waals surface area contributed by atoms with Crippen molar-refractivity contribution in [2.75, 3.05) is 4.90 Å². The maximum atomic E-state index is 7.08. The van der Waals surface area contributed by atoms with Crippen molar-refractivity contribution < 1.29 is 9.47 Å². The largest absolute Gasteiger partial charge is 0.449 e. The van der Waals surface area contributed by atoms with Crippen LogP contribution in [0.15, 0.2) is 279 Å². The van der Waals surface area contributed by atoms with E-state index in [1.54, 1.807) is 0 Å². The molecule has 11 aromatic rings. The number of hydrogen-bond acceptors (Lipinski definition) is 3. The summed E-state index contributed by atoms with van der Waals surface area (Å²) in [7, 11) is 0. The topological polar surface area (TPSA) is 21.7 Å². The summed E-state index contributed by atoms with van der Waals surface area (Å²) >= 11 is 0. The van der Waals surface area contributed by atoms with Crippen LogP contribution in [-0.4, -0.2) is 0 Å². The molecule has 0 saturated heterocycles. The Bertz CT molecular complexity index is 4220. The molecule has 11 aromatic carbocycles. The lowest BCUT2D eigenvalue weighted by Gasteiger charge is -2.36. The molecule has 0 saturated carbocycles. The third kappa shape index (κ3) is 6.32. The van der Waals surface area contributed by atoms with Gasteiger partial charge in [-0.05, 0) is 162 Å². The van der Waals surface area contributed by atoms with E-state index in [4.69, 9.17) is 9.47 Å². The molecule has 1 spiro atoms. The summed E-state index contributed by atoms with van der Waals surface area (Å²) < 4.78 is 13.9. The predicted molar refractivity (Wildman–Crippen MR) is 313 cm³/mol. The lowest BCUT2D eigenvalue weighted by Crippen LogP contribution is -2.30. The lowest BCUT2D eigenvalue weighted by atomic mass is 9.65. The predicted octanol–water partition coefficient (Wildman–Crippen LogP) is 19.3. The highest BCUT2D eigenvalue weighted by Gasteiger charge is 2.52. The number of anilines is 3. The van der Waals surface area contributed by atoms with Gasteiger partial charge in [-0.15, -0.1) is 0 Å². The van der Waals surface area contributed by atoms with Gasteiger partial charge in [-0.2, -0.15) is 0 Å². The molecule has 3 nitrogen and oxygen atoms in total. The number of nitrogens with zero attached hydrogens (tertiary/aromatic N) is 1. The quantitative estimate of drug-likeness (QED) is 0.159. The first-order chi connectivity index (χ1) is 38.2. The molecule has 77 heavy (non-hydrogen) atoms. The van der Waals surface area contributed by atoms with Crippen LogP contribution in [0.2, 0.25) is 0 Å². The van der Waals surface area contributed by atoms with Crippen molar-refractivity contribution in [3.05, 3.63) is 318 Å². The van der Waals surface area contributed by atoms with Crippen molar-refractivity contribution in [1.29, 1.82) is 0 Å². The fraction of sp³-hybridized carbons (Fsp3) is 0.0541. The Hall–Kier alpha value is -9.70. The van der Waals surface area contributed by atoms with Crippen LogP contribution in [0, 0.1) is 0 Å². The summed E-state index contributed by atoms with van der Waals surface area (Å²) in [6.45, 7) is 0. The summed E-state index contributed by atoms with van der Waals surface area (Å²) in [5.74, 6) is 2.76. The maximum Gasteiger partial charge on any atom is 0.172 e. The Balaban J connectivity index is 0.790. The molecule has 0 amide bonds. The molecule has 1 aliphatic heterocycles. The molecule has 1 heterocycles. The molecule has 16 rings (SSSR count). The zero-order valence-electron chi connectivity index (χ0n) is 42.2. The summed E-state index contributed by atoms with van der Waals surface area (Å²) in [5.41, 5.74) is 24.9. The highest BCUT2D eigenvalue weighted by Crippen LogP contribution is 2.65. The van der Waals surface area contributed by atoms with Gasteiger partial charge in [0.2, 0.25) is 0 Å². The van der Waals surface area contributed by atoms with Crippen molar-refractivity contribution >= 4 is 17.1 Å². The second-order valence-corrected chi connectivity index (χ2v) is 20.9. The molecule has 0 fully saturated rings. The second kappa shape index (κ2) is 16.9. The van der Waals surface area contributed by atoms with E-state index in [0.29, 0.717) is 23.0 Å². The SMILES string of the molecule is C1=CCCC(C2(c3ccccc3)c3ccccc3-c3cc(-c4ccc(N(c5ccc(-c6ccccc6)cc5)c5ccc6c(c5)Oc5cc7c(cc5O6)-c5ccccc5C75c6ccccc6-c6ccccc65)cc4)ccc32)=C1. The van der Waals surface area contributed by atoms with Crippen molar-refractivity contribution in [3.63, 3.8) is 0 Å². The van der Waals surface area contributed by atoms with Crippen LogP contribution >= 0.6 is 0 Å². The smallest absolute Gasteiger partial charge is 0.172 e. The van der Waals surface area contributed by atoms with E-state index in [-0.39, 0.29) is 5.41 Å². The van der Waals surface area contributed by atoms with E-state index in [2.05, 4.69) is 278 Å². The fourth-order valence-corrected chi connectivity index (χ4v) is 13.9. The Labute approximate surface area is 449 Å². The first-order valence-electron chi connectivity index (χ1n) is 26.9. The lowest BCUT2D eigenvalue weighted by molar-refractivity contribution is 0.359. The molecular formula is C74H49NO2. The molecule has 5 aliphatic rings. The molecule has 0 N–H and O–H groups in total. The van der Waals surface area contributed by atoms with E-state index in [1.807, 2.05) is 0 Å². The standard InChI is InChI=1S/C74H49NO2/c1-4-18-48(19-5-1)49-32-37-54(38-33-49)75(55-39-34-50(35-40-55)51-36-42-67-61(44-51)59-26-12-14-28-63(59)73(67,52-20-6-2-7-21-52)53-22-8-3-9-23-53)56-41-43-69-70(45-56)77-72-47-68-62(46-71(72)76-69)60-27-13-17-31-66(60)74(68)64-29-15-10-24-57(64)58-25-11-16-30-65(58)74/h1-8,10-22,24-47H,9,23H2. The van der Waals surface area contributed by atoms with Gasteiger partial charge in [-0.3, -0.25) is 0 Å². The van der Waals surface area contributed by atoms with Gasteiger partial charge in [0.25, 0.3) is 0 Å². The Morgan fingerprint density at radius 2 is 0.766 bits per heavy atom. The van der Waals surface area contributed by atoms with Crippen LogP contribution in [-0.2, 0) is 10.8 Å². The molecular weight excluding hydrogens is 935 g/mol. The average molecular weight is 984 g/mol. The number of hydrogen-bond donors (Lipinski definition) is 0. The van der Waals surface area contributed by atoms with Crippen molar-refractivity contribution in [3.8, 4) is 78.6 Å². The summed E-state index contributed by atoms with van der Waals surface area (Å²) in [4.78, 5) is 2.32. The Morgan fingerprint density at radius 1 is 0.312 bits per heavy atom. The number of ether oxygens (including phenoxy) is 2. The zero-order chi connectivity index (χ0) is 50.7. The normalized spacial score (nSPS) is 16.1. The van der Waals surface area contributed by atoms with Gasteiger partial charge in [-0.1, -0.05) is 218 Å². The van der Waals surface area contributed by atoms with Crippen LogP contribution in [0.1, 0.15) is 51.8 Å². The van der Waals surface area contributed by atoms with E-state index >= 15 is 0 Å². The van der Waals surface area contributed by atoms with Crippen LogP contribution < -0.4 is 14.4 Å². The van der Waals surface area contributed by atoms with Gasteiger partial charge in [0.1, 0.15) is 0 Å². The highest BCUT2D eigenvalue weighted by molar-refractivity contribution is 5.96. The Kier molecular flexibility index (Phi) is 9.59. The molecule has 4 aliphatic carbocycles. The minimum Gasteiger partial charge on any atom is -0.449 e. The summed E-state index contributed by atoms with van der Waals surface area (Å²) in [5, 5.41) is 0.